The van der Waals surface area contributed by atoms with Crippen molar-refractivity contribution >= 4 is 11.0 Å². The number of fused-ring (bicyclic) bond motifs is 1. The van der Waals surface area contributed by atoms with Crippen LogP contribution in [0.5, 0.6) is 17.2 Å². The molecule has 152 valence electrons. The Labute approximate surface area is 164 Å². The summed E-state index contributed by atoms with van der Waals surface area (Å²) in [6.45, 7) is -0.412. The standard InChI is InChI=1S/C21H20O8/c22-9-18-12(24)5-6-15(28-18)19-14(26)8-17-20(21(19)27)13(25)7-16(29-17)10-1-3-11(23)4-2-10/h1-4,7-8,12,15,18,22-24,26-27H,5-6,9H2/t12?,15?,18-/m1/s1. The summed E-state index contributed by atoms with van der Waals surface area (Å²) in [5, 5.41) is 49.7. The average molecular weight is 400 g/mol. The van der Waals surface area contributed by atoms with Crippen LogP contribution < -0.4 is 5.43 Å². The minimum Gasteiger partial charge on any atom is -0.508 e. The molecule has 0 radical (unpaired) electrons. The molecular formula is C21H20O8. The fourth-order valence-corrected chi connectivity index (χ4v) is 3.64. The van der Waals surface area contributed by atoms with Crippen molar-refractivity contribution < 1.29 is 34.7 Å². The van der Waals surface area contributed by atoms with Crippen LogP contribution in [0.4, 0.5) is 0 Å². The summed E-state index contributed by atoms with van der Waals surface area (Å²) in [4.78, 5) is 12.7. The number of ether oxygens (including phenoxy) is 1. The predicted octanol–water partition coefficient (Wildman–Crippen LogP) is 2.15. The van der Waals surface area contributed by atoms with E-state index in [4.69, 9.17) is 9.15 Å². The van der Waals surface area contributed by atoms with Crippen molar-refractivity contribution in [3.63, 3.8) is 0 Å². The molecule has 0 spiro atoms. The lowest BCUT2D eigenvalue weighted by atomic mass is 9.94. The van der Waals surface area contributed by atoms with Crippen molar-refractivity contribution in [2.24, 2.45) is 0 Å². The molecule has 3 atom stereocenters. The Morgan fingerprint density at radius 3 is 2.45 bits per heavy atom. The third-order valence-corrected chi connectivity index (χ3v) is 5.16. The van der Waals surface area contributed by atoms with Crippen molar-refractivity contribution in [2.45, 2.75) is 31.2 Å². The van der Waals surface area contributed by atoms with Crippen molar-refractivity contribution in [2.75, 3.05) is 6.61 Å². The normalized spacial score (nSPS) is 22.1. The Kier molecular flexibility index (Phi) is 4.91. The number of phenolic OH excluding ortho intramolecular Hbond substituents is 3. The molecule has 0 aliphatic carbocycles. The summed E-state index contributed by atoms with van der Waals surface area (Å²) in [6.07, 6.45) is -1.89. The monoisotopic (exact) mass is 400 g/mol. The molecule has 4 rings (SSSR count). The zero-order valence-electron chi connectivity index (χ0n) is 15.3. The largest absolute Gasteiger partial charge is 0.508 e. The van der Waals surface area contributed by atoms with Gasteiger partial charge >= 0.3 is 0 Å². The van der Waals surface area contributed by atoms with E-state index < -0.39 is 36.1 Å². The maximum Gasteiger partial charge on any atom is 0.197 e. The fourth-order valence-electron chi connectivity index (χ4n) is 3.64. The molecule has 0 amide bonds. The quantitative estimate of drug-likeness (QED) is 0.450. The van der Waals surface area contributed by atoms with E-state index in [1.54, 1.807) is 12.1 Å². The molecule has 1 aromatic heterocycles. The van der Waals surface area contributed by atoms with Gasteiger partial charge in [0.1, 0.15) is 40.1 Å². The molecule has 0 saturated carbocycles. The highest BCUT2D eigenvalue weighted by Crippen LogP contribution is 2.44. The summed E-state index contributed by atoms with van der Waals surface area (Å²) < 4.78 is 11.3. The van der Waals surface area contributed by atoms with Gasteiger partial charge < -0.3 is 34.7 Å². The Morgan fingerprint density at radius 2 is 1.76 bits per heavy atom. The number of aliphatic hydroxyl groups is 2. The molecule has 29 heavy (non-hydrogen) atoms. The zero-order chi connectivity index (χ0) is 20.7. The maximum absolute atomic E-state index is 12.7. The molecule has 8 nitrogen and oxygen atoms in total. The van der Waals surface area contributed by atoms with Gasteiger partial charge in [-0.25, -0.2) is 0 Å². The minimum atomic E-state index is -0.850. The molecule has 2 unspecified atom stereocenters. The smallest absolute Gasteiger partial charge is 0.197 e. The number of benzene rings is 2. The van der Waals surface area contributed by atoms with Crippen LogP contribution >= 0.6 is 0 Å². The van der Waals surface area contributed by atoms with E-state index in [9.17, 15) is 30.3 Å². The first-order valence-corrected chi connectivity index (χ1v) is 9.15. The summed E-state index contributed by atoms with van der Waals surface area (Å²) in [5.74, 6) is -0.495. The van der Waals surface area contributed by atoms with Crippen molar-refractivity contribution in [1.29, 1.82) is 0 Å². The summed E-state index contributed by atoms with van der Waals surface area (Å²) in [7, 11) is 0. The highest BCUT2D eigenvalue weighted by molar-refractivity contribution is 5.88. The number of hydrogen-bond acceptors (Lipinski definition) is 8. The number of aromatic hydroxyl groups is 3. The first-order chi connectivity index (χ1) is 13.9. The summed E-state index contributed by atoms with van der Waals surface area (Å²) >= 11 is 0. The average Bonchev–Trinajstić information content (AvgIpc) is 2.69. The molecule has 1 fully saturated rings. The van der Waals surface area contributed by atoms with Crippen LogP contribution in [0.15, 0.2) is 45.6 Å². The first-order valence-electron chi connectivity index (χ1n) is 9.15. The van der Waals surface area contributed by atoms with E-state index in [-0.39, 0.29) is 33.8 Å². The molecule has 0 bridgehead atoms. The van der Waals surface area contributed by atoms with E-state index >= 15 is 0 Å². The maximum atomic E-state index is 12.7. The lowest BCUT2D eigenvalue weighted by Gasteiger charge is -2.33. The topological polar surface area (TPSA) is 141 Å². The van der Waals surface area contributed by atoms with Gasteiger partial charge in [0.2, 0.25) is 0 Å². The number of rotatable bonds is 3. The van der Waals surface area contributed by atoms with Crippen molar-refractivity contribution in [1.82, 2.24) is 0 Å². The van der Waals surface area contributed by atoms with Crippen LogP contribution in [0.2, 0.25) is 0 Å². The lowest BCUT2D eigenvalue weighted by molar-refractivity contribution is -0.136. The van der Waals surface area contributed by atoms with Crippen LogP contribution in [-0.4, -0.2) is 44.3 Å². The van der Waals surface area contributed by atoms with Gasteiger partial charge in [0.25, 0.3) is 0 Å². The van der Waals surface area contributed by atoms with E-state index in [2.05, 4.69) is 0 Å². The fraction of sp³-hybridized carbons (Fsp3) is 0.286. The summed E-state index contributed by atoms with van der Waals surface area (Å²) in [5.41, 5.74) is 0.0456. The number of phenols is 3. The molecule has 8 heteroatoms. The van der Waals surface area contributed by atoms with E-state index in [0.717, 1.165) is 0 Å². The molecular weight excluding hydrogens is 380 g/mol. The Balaban J connectivity index is 1.81. The molecule has 2 heterocycles. The van der Waals surface area contributed by atoms with Gasteiger partial charge in [0.15, 0.2) is 5.43 Å². The van der Waals surface area contributed by atoms with Gasteiger partial charge in [-0.3, -0.25) is 4.79 Å². The van der Waals surface area contributed by atoms with Crippen LogP contribution in [0.25, 0.3) is 22.3 Å². The van der Waals surface area contributed by atoms with Crippen molar-refractivity contribution in [3.8, 4) is 28.6 Å². The number of hydrogen-bond donors (Lipinski definition) is 5. The second kappa shape index (κ2) is 7.40. The lowest BCUT2D eigenvalue weighted by Crippen LogP contribution is -2.38. The molecule has 1 aliphatic heterocycles. The van der Waals surface area contributed by atoms with Crippen LogP contribution in [0.3, 0.4) is 0 Å². The van der Waals surface area contributed by atoms with Gasteiger partial charge in [-0.05, 0) is 37.1 Å². The van der Waals surface area contributed by atoms with Crippen molar-refractivity contribution in [3.05, 3.63) is 52.2 Å². The molecule has 3 aromatic rings. The van der Waals surface area contributed by atoms with Gasteiger partial charge in [0.05, 0.1) is 24.4 Å². The van der Waals surface area contributed by atoms with E-state index in [1.165, 1.54) is 24.3 Å². The minimum absolute atomic E-state index is 0.00567. The van der Waals surface area contributed by atoms with E-state index in [1.807, 2.05) is 0 Å². The van der Waals surface area contributed by atoms with Crippen LogP contribution in [0, 0.1) is 0 Å². The molecule has 5 N–H and O–H groups in total. The Hall–Kier alpha value is -3.07. The van der Waals surface area contributed by atoms with E-state index in [0.29, 0.717) is 18.4 Å². The van der Waals surface area contributed by atoms with Gasteiger partial charge in [-0.15, -0.1) is 0 Å². The number of aliphatic hydroxyl groups excluding tert-OH is 2. The third kappa shape index (κ3) is 3.42. The highest BCUT2D eigenvalue weighted by atomic mass is 16.5. The van der Waals surface area contributed by atoms with Gasteiger partial charge in [-0.1, -0.05) is 0 Å². The molecule has 1 aliphatic rings. The first kappa shape index (κ1) is 19.3. The highest BCUT2D eigenvalue weighted by Gasteiger charge is 2.34. The SMILES string of the molecule is O=c1cc(-c2ccc(O)cc2)oc2cc(O)c(C3CCC(O)[C@@H](CO)O3)c(O)c12. The van der Waals surface area contributed by atoms with Crippen LogP contribution in [0.1, 0.15) is 24.5 Å². The van der Waals surface area contributed by atoms with Gasteiger partial charge in [-0.2, -0.15) is 0 Å². The van der Waals surface area contributed by atoms with Crippen LogP contribution in [-0.2, 0) is 4.74 Å². The Morgan fingerprint density at radius 1 is 1.03 bits per heavy atom. The predicted molar refractivity (Wildman–Crippen MR) is 103 cm³/mol. The zero-order valence-corrected chi connectivity index (χ0v) is 15.3. The van der Waals surface area contributed by atoms with Gasteiger partial charge in [0, 0.05) is 17.7 Å². The third-order valence-electron chi connectivity index (χ3n) is 5.16. The second-order valence-electron chi connectivity index (χ2n) is 7.04. The summed E-state index contributed by atoms with van der Waals surface area (Å²) in [6, 6.07) is 8.50. The molecule has 1 saturated heterocycles. The second-order valence-corrected chi connectivity index (χ2v) is 7.04. The molecule has 2 aromatic carbocycles. The Bertz CT molecular complexity index is 1100.